The van der Waals surface area contributed by atoms with Gasteiger partial charge in [-0.05, 0) is 187 Å². The van der Waals surface area contributed by atoms with Crippen molar-refractivity contribution in [2.75, 3.05) is 52.5 Å². The van der Waals surface area contributed by atoms with Gasteiger partial charge in [-0.1, -0.05) is 64.4 Å². The predicted molar refractivity (Wildman–Crippen MR) is 454 cm³/mol. The minimum Gasteiger partial charge on any atom is -0.444 e. The van der Waals surface area contributed by atoms with Gasteiger partial charge < -0.3 is 128 Å². The molecule has 0 radical (unpaired) electrons. The number of carbonyl (C=O) groups is 16. The fourth-order valence-corrected chi connectivity index (χ4v) is 12.8. The molecule has 42 nitrogen and oxygen atoms in total. The van der Waals surface area contributed by atoms with Crippen molar-refractivity contribution in [2.24, 2.45) is 5.92 Å². The van der Waals surface area contributed by atoms with Gasteiger partial charge in [-0.2, -0.15) is 8.78 Å². The summed E-state index contributed by atoms with van der Waals surface area (Å²) in [6, 6.07) is -11.1. The minimum absolute atomic E-state index is 0.0263. The molecule has 1 aromatic rings. The molecule has 126 heavy (non-hydrogen) atoms. The zero-order valence-corrected chi connectivity index (χ0v) is 77.1. The van der Waals surface area contributed by atoms with Crippen molar-refractivity contribution in [3.05, 3.63) is 35.9 Å². The number of nitrogens with one attached hydrogen (secondary N) is 16. The van der Waals surface area contributed by atoms with E-state index in [-0.39, 0.29) is 32.2 Å². The van der Waals surface area contributed by atoms with Crippen LogP contribution in [-0.2, 0) is 96.5 Å². The Morgan fingerprint density at radius 3 is 1.25 bits per heavy atom. The summed E-state index contributed by atoms with van der Waals surface area (Å²) in [5.74, 6) is -15.2. The Bertz CT molecular complexity index is 3850. The zero-order valence-electron chi connectivity index (χ0n) is 76.2. The average Bonchev–Trinajstić information content (AvgIpc) is 0.786. The van der Waals surface area contributed by atoms with Crippen molar-refractivity contribution in [3.63, 3.8) is 0 Å². The number of halogens is 2. The van der Waals surface area contributed by atoms with Gasteiger partial charge in [-0.3, -0.25) is 57.3 Å². The minimum atomic E-state index is -5.71. The standard InChI is InChI=1S/C81H137F2N16O26P/c1-22-24-43-120-126(118,119-42-23-2)81(82,83)70(112)97-55(35-41-89-75(117)125-80(19,20)21)65(107)99-59(48(6)101)69(111)94-53(33-39-87-73(115)123-78(13,14)15)62(104)90-50-30-36-84-68(110)58(47(5)100)98-64(106)54(34-40-88-74(116)124-79(16,17)18)92-61(103)51(31-37-85-71(113)121-76(7,8)9)93-66(108)56(44-46(3)4)95-67(109)57(45-49-28-26-25-27-29-49)96-63(105)52(91-60(50)102)32-38-86-72(114)122-77(10,11)12/h25-29,46-48,50-59,100-101H,22-24,30-45H2,1-21H3,(H,84,110)(H,85,113)(H,86,114)(H,87,115)(H,88,116)(H,89,117)(H,90,104)(H,91,102)(H,92,103)(H,93,108)(H,94,111)(H,95,109)(H,96,105)(H,97,112)(H,98,106)(H,99,107)/t47?,48?,50-,51-,52-,53-,54-,55-,56-,57+,58-,59-,126?/m0/s1. The van der Waals surface area contributed by atoms with Gasteiger partial charge in [0.2, 0.25) is 59.1 Å². The Kier molecular flexibility index (Phi) is 46.2. The summed E-state index contributed by atoms with van der Waals surface area (Å²) in [7, 11) is -5.71. The number of rotatable bonds is 37. The van der Waals surface area contributed by atoms with E-state index in [1.54, 1.807) is 119 Å². The second kappa shape index (κ2) is 52.1. The van der Waals surface area contributed by atoms with Crippen molar-refractivity contribution >= 4 is 103 Å². The molecule has 1 fully saturated rings. The number of carbonyl (C=O) groups excluding carboxylic acids is 16. The van der Waals surface area contributed by atoms with E-state index in [4.69, 9.17) is 32.7 Å². The quantitative estimate of drug-likeness (QED) is 0.0259. The van der Waals surface area contributed by atoms with Gasteiger partial charge in [0.1, 0.15) is 88.4 Å². The van der Waals surface area contributed by atoms with Crippen molar-refractivity contribution in [1.29, 1.82) is 0 Å². The van der Waals surface area contributed by atoms with Gasteiger partial charge in [-0.15, -0.1) is 0 Å². The maximum atomic E-state index is 16.4. The molecule has 2 rings (SSSR count). The van der Waals surface area contributed by atoms with E-state index in [0.29, 0.717) is 12.0 Å². The first-order valence-corrected chi connectivity index (χ1v) is 43.6. The molecule has 1 aliphatic rings. The average molecular weight is 1820 g/mol. The third kappa shape index (κ3) is 44.2. The molecule has 13 atom stereocenters. The third-order valence-electron chi connectivity index (χ3n) is 17.2. The van der Waals surface area contributed by atoms with Gasteiger partial charge in [0.25, 0.3) is 0 Å². The Hall–Kier alpha value is -10.3. The number of alkyl halides is 2. The summed E-state index contributed by atoms with van der Waals surface area (Å²) in [4.78, 5) is 229. The Morgan fingerprint density at radius 1 is 0.468 bits per heavy atom. The van der Waals surface area contributed by atoms with E-state index in [9.17, 15) is 72.3 Å². The number of ether oxygens (including phenoxy) is 5. The normalized spacial score (nSPS) is 20.0. The maximum absolute atomic E-state index is 16.4. The van der Waals surface area contributed by atoms with Gasteiger partial charge in [0.15, 0.2) is 0 Å². The lowest BCUT2D eigenvalue weighted by Crippen LogP contribution is -2.62. The fourth-order valence-electron chi connectivity index (χ4n) is 11.3. The number of aliphatic hydroxyl groups is 2. The fraction of sp³-hybridized carbons (Fsp3) is 0.728. The first-order chi connectivity index (χ1) is 58.2. The van der Waals surface area contributed by atoms with Gasteiger partial charge in [-0.25, -0.2) is 24.0 Å². The Morgan fingerprint density at radius 2 is 0.849 bits per heavy atom. The molecule has 1 heterocycles. The van der Waals surface area contributed by atoms with E-state index in [0.717, 1.165) is 13.8 Å². The summed E-state index contributed by atoms with van der Waals surface area (Å²) in [5.41, 5.74) is -9.89. The largest absolute Gasteiger partial charge is 0.444 e. The van der Waals surface area contributed by atoms with Crippen molar-refractivity contribution in [1.82, 2.24) is 85.1 Å². The molecule has 45 heteroatoms. The van der Waals surface area contributed by atoms with E-state index in [1.807, 2.05) is 0 Å². The highest BCUT2D eigenvalue weighted by molar-refractivity contribution is 7.56. The molecule has 3 unspecified atom stereocenters. The van der Waals surface area contributed by atoms with Crippen LogP contribution in [0.4, 0.5) is 32.8 Å². The SMILES string of the molecule is CCCCOP(=O)(OCCC)C(F)(F)C(=O)N[C@@H](CCNC(=O)OC(C)(C)C)C(=O)N[C@H](C(=O)N[C@@H](CCNC(=O)OC(C)(C)C)C(=O)N[C@H]1CCNC(=O)[C@H](C(C)O)NC(=O)[C@H](CCNC(=O)OC(C)(C)C)NC(=O)[C@H](CCNC(=O)OC(C)(C)C)NC(=O)[C@H](CC(C)C)NC(=O)[C@@H](Cc2ccccc2)NC(=O)[C@H](CCNC(=O)OC(C)(C)C)NC1=O)C(C)O. The molecule has 1 saturated heterocycles. The van der Waals surface area contributed by atoms with Gasteiger partial charge in [0, 0.05) is 45.7 Å². The van der Waals surface area contributed by atoms with Crippen LogP contribution in [0.1, 0.15) is 215 Å². The highest BCUT2D eigenvalue weighted by Gasteiger charge is 2.60. The van der Waals surface area contributed by atoms with Crippen LogP contribution in [0, 0.1) is 5.92 Å². The molecule has 0 bridgehead atoms. The lowest BCUT2D eigenvalue weighted by Gasteiger charge is -2.30. The molecule has 0 aliphatic carbocycles. The second-order valence-electron chi connectivity index (χ2n) is 35.5. The van der Waals surface area contributed by atoms with Crippen LogP contribution in [0.3, 0.4) is 0 Å². The van der Waals surface area contributed by atoms with Crippen LogP contribution in [-0.4, -0.2) is 264 Å². The summed E-state index contributed by atoms with van der Waals surface area (Å²) >= 11 is 0. The van der Waals surface area contributed by atoms with Crippen LogP contribution in [0.2, 0.25) is 0 Å². The zero-order chi connectivity index (χ0) is 96.1. The van der Waals surface area contributed by atoms with Gasteiger partial charge in [0.05, 0.1) is 25.4 Å². The molecule has 18 N–H and O–H groups in total. The predicted octanol–water partition coefficient (Wildman–Crippen LogP) is 3.01. The molecule has 0 spiro atoms. The molecule has 1 aromatic carbocycles. The van der Waals surface area contributed by atoms with E-state index >= 15 is 28.0 Å². The molecule has 0 saturated carbocycles. The van der Waals surface area contributed by atoms with Crippen LogP contribution < -0.4 is 85.1 Å². The van der Waals surface area contributed by atoms with Crippen molar-refractivity contribution in [2.45, 2.75) is 322 Å². The van der Waals surface area contributed by atoms with E-state index < -0.39 is 300 Å². The first kappa shape index (κ1) is 112. The van der Waals surface area contributed by atoms with Gasteiger partial charge >= 0.3 is 49.6 Å². The third-order valence-corrected chi connectivity index (χ3v) is 19.2. The highest BCUT2D eigenvalue weighted by atomic mass is 31.2. The lowest BCUT2D eigenvalue weighted by molar-refractivity contribution is -0.142. The van der Waals surface area contributed by atoms with Crippen LogP contribution in [0.5, 0.6) is 0 Å². The summed E-state index contributed by atoms with van der Waals surface area (Å²) in [6.07, 6.45) is -12.7. The number of hydrogen-bond acceptors (Lipinski definition) is 26. The summed E-state index contributed by atoms with van der Waals surface area (Å²) in [6.45, 7) is 27.4. The van der Waals surface area contributed by atoms with E-state index in [1.165, 1.54) is 48.5 Å². The molecule has 716 valence electrons. The Labute approximate surface area is 734 Å². The molecule has 0 aromatic heterocycles. The van der Waals surface area contributed by atoms with Crippen LogP contribution >= 0.6 is 7.60 Å². The number of benzene rings is 1. The number of amides is 16. The topological polar surface area (TPSA) is 588 Å². The number of unbranched alkanes of at least 4 members (excludes halogenated alkanes) is 1. The molecule has 16 amide bonds. The van der Waals surface area contributed by atoms with Crippen LogP contribution in [0.25, 0.3) is 0 Å². The summed E-state index contributed by atoms with van der Waals surface area (Å²) in [5, 5.41) is 61.2. The molecule has 1 aliphatic heterocycles. The van der Waals surface area contributed by atoms with E-state index in [2.05, 4.69) is 79.8 Å². The second-order valence-corrected chi connectivity index (χ2v) is 37.5. The monoisotopic (exact) mass is 1820 g/mol. The number of aliphatic hydroxyl groups excluding tert-OH is 2. The highest BCUT2D eigenvalue weighted by Crippen LogP contribution is 2.62. The first-order valence-electron chi connectivity index (χ1n) is 42.0. The van der Waals surface area contributed by atoms with Crippen LogP contribution in [0.15, 0.2) is 30.3 Å². The number of hydrogen-bond donors (Lipinski definition) is 18. The molecular weight excluding hydrogens is 1680 g/mol. The smallest absolute Gasteiger partial charge is 0.421 e. The lowest BCUT2D eigenvalue weighted by atomic mass is 10.00. The molecular formula is C81H137F2N16O26P. The Balaban J connectivity index is 3.17. The number of alkyl carbamates (subject to hydrolysis) is 5. The summed E-state index contributed by atoms with van der Waals surface area (Å²) < 4.78 is 83.4. The maximum Gasteiger partial charge on any atom is 0.421 e. The van der Waals surface area contributed by atoms with Crippen molar-refractivity contribution in [3.8, 4) is 0 Å². The van der Waals surface area contributed by atoms with Crippen molar-refractivity contribution < 1.29 is 133 Å².